The molecule has 108 valence electrons. The molecule has 1 aromatic heterocycles. The highest BCUT2D eigenvalue weighted by Crippen LogP contribution is 2.23. The smallest absolute Gasteiger partial charge is 0.0489 e. The van der Waals surface area contributed by atoms with Crippen molar-refractivity contribution >= 4 is 0 Å². The van der Waals surface area contributed by atoms with Crippen molar-refractivity contribution in [3.63, 3.8) is 0 Å². The molecule has 0 aliphatic carbocycles. The molecular weight excluding hydrogens is 246 g/mol. The van der Waals surface area contributed by atoms with Crippen LogP contribution in [-0.4, -0.2) is 22.9 Å². The highest BCUT2D eigenvalue weighted by Gasteiger charge is 2.14. The highest BCUT2D eigenvalue weighted by molar-refractivity contribution is 5.20. The Labute approximate surface area is 122 Å². The van der Waals surface area contributed by atoms with Gasteiger partial charge in [-0.15, -0.1) is 0 Å². The summed E-state index contributed by atoms with van der Waals surface area (Å²) in [4.78, 5) is 0. The van der Waals surface area contributed by atoms with Crippen molar-refractivity contribution in [2.75, 3.05) is 13.1 Å². The number of benzene rings is 1. The van der Waals surface area contributed by atoms with E-state index < -0.39 is 0 Å². The molecule has 0 saturated carbocycles. The lowest BCUT2D eigenvalue weighted by Gasteiger charge is -2.22. The molecule has 1 atom stereocenters. The molecule has 0 radical (unpaired) electrons. The van der Waals surface area contributed by atoms with Gasteiger partial charge in [0.25, 0.3) is 0 Å². The molecular formula is C17H25N3. The summed E-state index contributed by atoms with van der Waals surface area (Å²) in [5.74, 6) is 1.23. The first kappa shape index (κ1) is 14.8. The van der Waals surface area contributed by atoms with Crippen LogP contribution in [0, 0.1) is 5.92 Å². The molecule has 3 heteroatoms. The maximum Gasteiger partial charge on any atom is 0.0489 e. The zero-order valence-corrected chi connectivity index (χ0v) is 12.5. The Balaban J connectivity index is 1.73. The normalized spacial score (nSPS) is 12.8. The molecule has 20 heavy (non-hydrogen) atoms. The summed E-state index contributed by atoms with van der Waals surface area (Å²) in [6.07, 6.45) is 4.96. The summed E-state index contributed by atoms with van der Waals surface area (Å²) < 4.78 is 1.98. The van der Waals surface area contributed by atoms with Crippen LogP contribution >= 0.6 is 0 Å². The monoisotopic (exact) mass is 271 g/mol. The first-order chi connectivity index (χ1) is 9.77. The summed E-state index contributed by atoms with van der Waals surface area (Å²) >= 11 is 0. The predicted molar refractivity (Wildman–Crippen MR) is 83.7 cm³/mol. The minimum Gasteiger partial charge on any atom is -0.316 e. The Morgan fingerprint density at radius 2 is 1.95 bits per heavy atom. The highest BCUT2D eigenvalue weighted by atomic mass is 15.3. The van der Waals surface area contributed by atoms with E-state index in [-0.39, 0.29) is 0 Å². The van der Waals surface area contributed by atoms with E-state index in [2.05, 4.69) is 54.6 Å². The van der Waals surface area contributed by atoms with Crippen molar-refractivity contribution in [3.8, 4) is 0 Å². The van der Waals surface area contributed by atoms with E-state index in [0.717, 1.165) is 26.1 Å². The van der Waals surface area contributed by atoms with Gasteiger partial charge in [-0.2, -0.15) is 5.10 Å². The molecule has 0 spiro atoms. The van der Waals surface area contributed by atoms with Crippen molar-refractivity contribution < 1.29 is 0 Å². The molecule has 3 nitrogen and oxygen atoms in total. The molecule has 1 N–H and O–H groups in total. The Morgan fingerprint density at radius 3 is 2.60 bits per heavy atom. The Bertz CT molecular complexity index is 462. The lowest BCUT2D eigenvalue weighted by molar-refractivity contribution is 0.450. The fourth-order valence-corrected chi connectivity index (χ4v) is 2.50. The van der Waals surface area contributed by atoms with Crippen molar-refractivity contribution in [3.05, 3.63) is 54.4 Å². The van der Waals surface area contributed by atoms with Crippen LogP contribution in [0.4, 0.5) is 0 Å². The first-order valence-corrected chi connectivity index (χ1v) is 7.50. The molecule has 1 heterocycles. The lowest BCUT2D eigenvalue weighted by Crippen LogP contribution is -2.26. The Kier molecular flexibility index (Phi) is 5.81. The molecule has 0 bridgehead atoms. The number of aryl methyl sites for hydroxylation is 1. The third-order valence-electron chi connectivity index (χ3n) is 3.70. The molecule has 1 unspecified atom stereocenters. The average Bonchev–Trinajstić information content (AvgIpc) is 2.96. The van der Waals surface area contributed by atoms with Gasteiger partial charge < -0.3 is 5.32 Å². The van der Waals surface area contributed by atoms with E-state index >= 15 is 0 Å². The van der Waals surface area contributed by atoms with E-state index in [9.17, 15) is 0 Å². The molecule has 0 saturated heterocycles. The number of hydrogen-bond donors (Lipinski definition) is 1. The van der Waals surface area contributed by atoms with Gasteiger partial charge in [0.1, 0.15) is 0 Å². The topological polar surface area (TPSA) is 29.9 Å². The molecule has 2 aromatic rings. The zero-order chi connectivity index (χ0) is 14.2. The van der Waals surface area contributed by atoms with Crippen LogP contribution in [0.5, 0.6) is 0 Å². The van der Waals surface area contributed by atoms with E-state index in [1.54, 1.807) is 0 Å². The van der Waals surface area contributed by atoms with Gasteiger partial charge in [-0.05, 0) is 36.4 Å². The van der Waals surface area contributed by atoms with E-state index in [4.69, 9.17) is 0 Å². The zero-order valence-electron chi connectivity index (χ0n) is 12.5. The largest absolute Gasteiger partial charge is 0.316 e. The van der Waals surface area contributed by atoms with Crippen molar-refractivity contribution in [2.45, 2.75) is 32.7 Å². The van der Waals surface area contributed by atoms with Crippen LogP contribution in [0.2, 0.25) is 0 Å². The maximum atomic E-state index is 4.21. The Hall–Kier alpha value is -1.61. The number of rotatable bonds is 8. The van der Waals surface area contributed by atoms with Gasteiger partial charge in [-0.25, -0.2) is 0 Å². The van der Waals surface area contributed by atoms with Gasteiger partial charge >= 0.3 is 0 Å². The minimum atomic E-state index is 0.584. The second-order valence-corrected chi connectivity index (χ2v) is 5.59. The summed E-state index contributed by atoms with van der Waals surface area (Å²) in [7, 11) is 0. The quantitative estimate of drug-likeness (QED) is 0.747. The SMILES string of the molecule is CC(C)C(CNCCCn1cccn1)c1ccccc1. The number of hydrogen-bond acceptors (Lipinski definition) is 2. The number of aromatic nitrogens is 2. The number of nitrogens with one attached hydrogen (secondary N) is 1. The van der Waals surface area contributed by atoms with Gasteiger partial charge in [-0.1, -0.05) is 44.2 Å². The summed E-state index contributed by atoms with van der Waals surface area (Å²) in [5, 5.41) is 7.80. The van der Waals surface area contributed by atoms with Crippen LogP contribution < -0.4 is 5.32 Å². The standard InChI is InChI=1S/C17H25N3/c1-15(2)17(16-8-4-3-5-9-16)14-18-10-6-12-20-13-7-11-19-20/h3-5,7-9,11,13,15,17-18H,6,10,12,14H2,1-2H3. The van der Waals surface area contributed by atoms with Gasteiger partial charge in [0.15, 0.2) is 0 Å². The summed E-state index contributed by atoms with van der Waals surface area (Å²) in [6.45, 7) is 7.65. The third-order valence-corrected chi connectivity index (χ3v) is 3.70. The minimum absolute atomic E-state index is 0.584. The van der Waals surface area contributed by atoms with Crippen molar-refractivity contribution in [2.24, 2.45) is 5.92 Å². The average molecular weight is 271 g/mol. The first-order valence-electron chi connectivity index (χ1n) is 7.50. The molecule has 0 aliphatic rings. The van der Waals surface area contributed by atoms with Gasteiger partial charge in [0, 0.05) is 25.5 Å². The summed E-state index contributed by atoms with van der Waals surface area (Å²) in [5.41, 5.74) is 1.43. The third kappa shape index (κ3) is 4.49. The second kappa shape index (κ2) is 7.85. The second-order valence-electron chi connectivity index (χ2n) is 5.59. The van der Waals surface area contributed by atoms with Crippen molar-refractivity contribution in [1.29, 1.82) is 0 Å². The number of nitrogens with zero attached hydrogens (tertiary/aromatic N) is 2. The molecule has 0 fully saturated rings. The van der Waals surface area contributed by atoms with Crippen LogP contribution in [0.25, 0.3) is 0 Å². The summed E-state index contributed by atoms with van der Waals surface area (Å²) in [6, 6.07) is 12.8. The predicted octanol–water partition coefficient (Wildman–Crippen LogP) is 3.30. The fourth-order valence-electron chi connectivity index (χ4n) is 2.50. The molecule has 2 rings (SSSR count). The Morgan fingerprint density at radius 1 is 1.15 bits per heavy atom. The fraction of sp³-hybridized carbons (Fsp3) is 0.471. The van der Waals surface area contributed by atoms with E-state index in [1.165, 1.54) is 5.56 Å². The van der Waals surface area contributed by atoms with E-state index in [1.807, 2.05) is 23.1 Å². The maximum absolute atomic E-state index is 4.21. The lowest BCUT2D eigenvalue weighted by atomic mass is 9.88. The van der Waals surface area contributed by atoms with Crippen LogP contribution in [0.1, 0.15) is 31.7 Å². The van der Waals surface area contributed by atoms with Crippen molar-refractivity contribution in [1.82, 2.24) is 15.1 Å². The van der Waals surface area contributed by atoms with Crippen LogP contribution in [0.3, 0.4) is 0 Å². The molecule has 0 amide bonds. The van der Waals surface area contributed by atoms with Gasteiger partial charge in [0.2, 0.25) is 0 Å². The van der Waals surface area contributed by atoms with Crippen LogP contribution in [0.15, 0.2) is 48.8 Å². The molecule has 0 aliphatic heterocycles. The van der Waals surface area contributed by atoms with Gasteiger partial charge in [0.05, 0.1) is 0 Å². The van der Waals surface area contributed by atoms with Gasteiger partial charge in [-0.3, -0.25) is 4.68 Å². The molecule has 1 aromatic carbocycles. The van der Waals surface area contributed by atoms with E-state index in [0.29, 0.717) is 11.8 Å². The van der Waals surface area contributed by atoms with Crippen LogP contribution in [-0.2, 0) is 6.54 Å².